The van der Waals surface area contributed by atoms with Crippen LogP contribution in [0, 0.1) is 4.77 Å². The quantitative estimate of drug-likeness (QED) is 0.548. The minimum Gasteiger partial charge on any atom is -0.478 e. The highest BCUT2D eigenvalue weighted by atomic mass is 35.5. The van der Waals surface area contributed by atoms with Gasteiger partial charge in [-0.05, 0) is 42.0 Å². The Morgan fingerprint density at radius 1 is 1.25 bits per heavy atom. The van der Waals surface area contributed by atoms with E-state index in [0.29, 0.717) is 21.2 Å². The van der Waals surface area contributed by atoms with E-state index in [4.69, 9.17) is 28.9 Å². The molecule has 0 spiro atoms. The highest BCUT2D eigenvalue weighted by Crippen LogP contribution is 2.25. The van der Waals surface area contributed by atoms with Crippen molar-refractivity contribution >= 4 is 36.0 Å². The Hall–Kier alpha value is -2.77. The Kier molecular flexibility index (Phi) is 4.54. The molecule has 0 fully saturated rings. The molecule has 0 aliphatic heterocycles. The van der Waals surface area contributed by atoms with Crippen molar-refractivity contribution in [3.05, 3.63) is 69.5 Å². The minimum absolute atomic E-state index is 0.212. The fourth-order valence-electron chi connectivity index (χ4n) is 2.05. The van der Waals surface area contributed by atoms with Crippen LogP contribution in [-0.4, -0.2) is 32.2 Å². The van der Waals surface area contributed by atoms with Crippen molar-refractivity contribution in [3.63, 3.8) is 0 Å². The Morgan fingerprint density at radius 3 is 2.62 bits per heavy atom. The smallest absolute Gasteiger partial charge is 0.335 e. The Morgan fingerprint density at radius 2 is 1.96 bits per heavy atom. The Labute approximate surface area is 147 Å². The second-order valence-electron chi connectivity index (χ2n) is 4.82. The fourth-order valence-corrected chi connectivity index (χ4v) is 2.45. The van der Waals surface area contributed by atoms with E-state index in [1.54, 1.807) is 24.4 Å². The number of H-pyrrole nitrogens is 1. The number of benzene rings is 2. The molecule has 0 amide bonds. The molecule has 0 radical (unpaired) electrons. The molecule has 0 bridgehead atoms. The number of aromatic carboxylic acids is 1. The van der Waals surface area contributed by atoms with Crippen LogP contribution in [-0.2, 0) is 0 Å². The van der Waals surface area contributed by atoms with E-state index < -0.39 is 5.97 Å². The molecule has 8 heteroatoms. The minimum atomic E-state index is -0.975. The summed E-state index contributed by atoms with van der Waals surface area (Å²) in [5, 5.41) is 20.6. The van der Waals surface area contributed by atoms with Gasteiger partial charge in [0.25, 0.3) is 0 Å². The van der Waals surface area contributed by atoms with E-state index in [1.165, 1.54) is 16.8 Å². The van der Waals surface area contributed by atoms with Crippen LogP contribution in [0.3, 0.4) is 0 Å². The van der Waals surface area contributed by atoms with Crippen molar-refractivity contribution in [1.82, 2.24) is 14.9 Å². The maximum absolute atomic E-state index is 10.9. The molecule has 6 nitrogen and oxygen atoms in total. The van der Waals surface area contributed by atoms with E-state index >= 15 is 0 Å². The number of aromatic nitrogens is 3. The molecule has 0 aliphatic carbocycles. The maximum Gasteiger partial charge on any atom is 0.335 e. The zero-order chi connectivity index (χ0) is 17.1. The molecule has 2 aromatic carbocycles. The van der Waals surface area contributed by atoms with Crippen molar-refractivity contribution in [2.45, 2.75) is 0 Å². The monoisotopic (exact) mass is 358 g/mol. The van der Waals surface area contributed by atoms with Crippen molar-refractivity contribution < 1.29 is 9.90 Å². The summed E-state index contributed by atoms with van der Waals surface area (Å²) in [7, 11) is 0. The number of rotatable bonds is 4. The predicted octanol–water partition coefficient (Wildman–Crippen LogP) is 3.84. The number of hydrogen-bond acceptors (Lipinski definition) is 4. The highest BCUT2D eigenvalue weighted by molar-refractivity contribution is 7.71. The van der Waals surface area contributed by atoms with Crippen LogP contribution in [0.1, 0.15) is 15.9 Å². The zero-order valence-corrected chi connectivity index (χ0v) is 13.8. The summed E-state index contributed by atoms with van der Waals surface area (Å²) in [6, 6.07) is 13.6. The summed E-state index contributed by atoms with van der Waals surface area (Å²) < 4.78 is 1.78. The third kappa shape index (κ3) is 3.27. The third-order valence-corrected chi connectivity index (χ3v) is 3.84. The van der Waals surface area contributed by atoms with Gasteiger partial charge in [-0.3, -0.25) is 0 Å². The van der Waals surface area contributed by atoms with Gasteiger partial charge in [-0.2, -0.15) is 14.9 Å². The number of carboxylic acid groups (broad SMARTS) is 1. The predicted molar refractivity (Wildman–Crippen MR) is 94.3 cm³/mol. The number of nitrogens with one attached hydrogen (secondary N) is 1. The van der Waals surface area contributed by atoms with Gasteiger partial charge in [0.1, 0.15) is 0 Å². The summed E-state index contributed by atoms with van der Waals surface area (Å²) in [6.07, 6.45) is 1.57. The topological polar surface area (TPSA) is 83.3 Å². The first-order valence-corrected chi connectivity index (χ1v) is 7.65. The molecule has 24 heavy (non-hydrogen) atoms. The lowest BCUT2D eigenvalue weighted by Crippen LogP contribution is -1.97. The van der Waals surface area contributed by atoms with Crippen LogP contribution in [0.25, 0.3) is 11.4 Å². The lowest BCUT2D eigenvalue weighted by Gasteiger charge is -2.03. The maximum atomic E-state index is 10.9. The van der Waals surface area contributed by atoms with Crippen LogP contribution >= 0.6 is 23.8 Å². The number of carboxylic acids is 1. The van der Waals surface area contributed by atoms with Crippen molar-refractivity contribution in [1.29, 1.82) is 0 Å². The lowest BCUT2D eigenvalue weighted by atomic mass is 10.1. The van der Waals surface area contributed by atoms with Gasteiger partial charge in [0.2, 0.25) is 4.77 Å². The molecule has 0 atom stereocenters. The van der Waals surface area contributed by atoms with Crippen molar-refractivity contribution in [2.75, 3.05) is 0 Å². The van der Waals surface area contributed by atoms with Gasteiger partial charge in [0, 0.05) is 5.56 Å². The third-order valence-electron chi connectivity index (χ3n) is 3.25. The number of halogens is 1. The average molecular weight is 359 g/mol. The molecule has 1 heterocycles. The van der Waals surface area contributed by atoms with Gasteiger partial charge in [-0.15, -0.1) is 0 Å². The Balaban J connectivity index is 1.96. The van der Waals surface area contributed by atoms with Gasteiger partial charge in [-0.25, -0.2) is 9.89 Å². The molecule has 3 rings (SSSR count). The van der Waals surface area contributed by atoms with E-state index in [9.17, 15) is 4.79 Å². The highest BCUT2D eigenvalue weighted by Gasteiger charge is 2.11. The second-order valence-corrected chi connectivity index (χ2v) is 5.61. The van der Waals surface area contributed by atoms with Crippen LogP contribution in [0.2, 0.25) is 5.02 Å². The molecule has 0 saturated heterocycles. The molecular formula is C16H11ClN4O2S. The molecule has 3 aromatic rings. The van der Waals surface area contributed by atoms with Crippen LogP contribution in [0.4, 0.5) is 0 Å². The van der Waals surface area contributed by atoms with Gasteiger partial charge < -0.3 is 5.11 Å². The van der Waals surface area contributed by atoms with Gasteiger partial charge in [0.15, 0.2) is 5.82 Å². The largest absolute Gasteiger partial charge is 0.478 e. The summed E-state index contributed by atoms with van der Waals surface area (Å²) >= 11 is 11.4. The van der Waals surface area contributed by atoms with Gasteiger partial charge in [-0.1, -0.05) is 35.9 Å². The number of aromatic amines is 1. The van der Waals surface area contributed by atoms with Crippen molar-refractivity contribution in [3.8, 4) is 11.4 Å². The average Bonchev–Trinajstić information content (AvgIpc) is 2.94. The van der Waals surface area contributed by atoms with Gasteiger partial charge >= 0.3 is 5.97 Å². The summed E-state index contributed by atoms with van der Waals surface area (Å²) in [4.78, 5) is 10.9. The van der Waals surface area contributed by atoms with E-state index in [0.717, 1.165) is 5.56 Å². The molecule has 0 aliphatic rings. The number of carbonyl (C=O) groups is 1. The standard InChI is InChI=1S/C16H11ClN4O2S/c17-13-4-2-1-3-12(13)14-19-20-16(24)21(14)18-9-10-5-7-11(8-6-10)15(22)23/h1-9H,(H,20,24)(H,22,23). The molecule has 0 unspecified atom stereocenters. The first-order chi connectivity index (χ1) is 11.6. The lowest BCUT2D eigenvalue weighted by molar-refractivity contribution is 0.0697. The van der Waals surface area contributed by atoms with Crippen LogP contribution in [0.5, 0.6) is 0 Å². The van der Waals surface area contributed by atoms with E-state index in [2.05, 4.69) is 15.3 Å². The summed E-state index contributed by atoms with van der Waals surface area (Å²) in [5.74, 6) is -0.486. The summed E-state index contributed by atoms with van der Waals surface area (Å²) in [6.45, 7) is 0. The number of nitrogens with zero attached hydrogens (tertiary/aromatic N) is 3. The Bertz CT molecular complexity index is 976. The van der Waals surface area contributed by atoms with Crippen LogP contribution < -0.4 is 0 Å². The molecule has 120 valence electrons. The molecule has 2 N–H and O–H groups in total. The van der Waals surface area contributed by atoms with Crippen LogP contribution in [0.15, 0.2) is 53.6 Å². The van der Waals surface area contributed by atoms with Crippen molar-refractivity contribution in [2.24, 2.45) is 5.10 Å². The first kappa shape index (κ1) is 16.1. The number of hydrogen-bond donors (Lipinski definition) is 2. The molecule has 1 aromatic heterocycles. The SMILES string of the molecule is O=C(O)c1ccc(C=Nn2c(-c3ccccc3Cl)n[nH]c2=S)cc1. The van der Waals surface area contributed by atoms with E-state index in [-0.39, 0.29) is 5.56 Å². The molecule has 0 saturated carbocycles. The van der Waals surface area contributed by atoms with Gasteiger partial charge in [0.05, 0.1) is 16.8 Å². The second kappa shape index (κ2) is 6.77. The first-order valence-electron chi connectivity index (χ1n) is 6.86. The summed E-state index contributed by atoms with van der Waals surface area (Å²) in [5.41, 5.74) is 1.64. The normalized spacial score (nSPS) is 11.0. The zero-order valence-electron chi connectivity index (χ0n) is 12.2. The fraction of sp³-hybridized carbons (Fsp3) is 0. The molecular weight excluding hydrogens is 348 g/mol. The van der Waals surface area contributed by atoms with E-state index in [1.807, 2.05) is 18.2 Å².